The number of ether oxygens (including phenoxy) is 1. The predicted octanol–water partition coefficient (Wildman–Crippen LogP) is 14.3. The molecule has 0 aromatic rings. The van der Waals surface area contributed by atoms with Gasteiger partial charge in [-0.2, -0.15) is 0 Å². The highest BCUT2D eigenvalue weighted by molar-refractivity contribution is 5.77. The van der Waals surface area contributed by atoms with E-state index in [0.29, 0.717) is 19.3 Å². The molecule has 0 aromatic heterocycles. The van der Waals surface area contributed by atoms with E-state index in [1.807, 2.05) is 18.2 Å². The highest BCUT2D eigenvalue weighted by Crippen LogP contribution is 2.18. The third-order valence-corrected chi connectivity index (χ3v) is 11.0. The lowest BCUT2D eigenvalue weighted by Crippen LogP contribution is -2.46. The number of nitrogens with one attached hydrogen (secondary N) is 1. The Bertz CT molecular complexity index is 988. The Morgan fingerprint density at radius 1 is 0.526 bits per heavy atom. The predicted molar refractivity (Wildman–Crippen MR) is 245 cm³/mol. The molecule has 3 unspecified atom stereocenters. The standard InChI is InChI=1S/C51H93NO5/c1-4-7-10-13-16-19-21-23-25-27-29-32-35-38-41-44-51(56)57-47(42-39-36-33-30-18-15-12-9-6-3)45-50(55)52-48(46-53)49(54)43-40-37-34-31-28-26-24-22-20-17-14-11-8-5-2/h7,10,13,16,19,21,23,25,47-49,53-54H,4-6,8-9,11-12,14-15,17-18,20,22,24,26-46H2,1-3H3,(H,52,55)/b10-7+,16-13+,21-19+,25-23-. The molecular weight excluding hydrogens is 707 g/mol. The van der Waals surface area contributed by atoms with Gasteiger partial charge < -0.3 is 20.3 Å². The van der Waals surface area contributed by atoms with Crippen LogP contribution in [0.3, 0.4) is 0 Å². The molecule has 0 aromatic carbocycles. The topological polar surface area (TPSA) is 95.9 Å². The lowest BCUT2D eigenvalue weighted by Gasteiger charge is -2.24. The molecule has 3 N–H and O–H groups in total. The van der Waals surface area contributed by atoms with Gasteiger partial charge in [0, 0.05) is 6.42 Å². The molecule has 0 saturated heterocycles. The van der Waals surface area contributed by atoms with Crippen molar-refractivity contribution in [2.45, 2.75) is 257 Å². The largest absolute Gasteiger partial charge is 0.462 e. The number of carbonyl (C=O) groups excluding carboxylic acids is 2. The minimum absolute atomic E-state index is 0.0692. The Kier molecular flexibility index (Phi) is 43.2. The first-order valence-electron chi connectivity index (χ1n) is 24.4. The van der Waals surface area contributed by atoms with Gasteiger partial charge in [0.05, 0.1) is 25.2 Å². The first-order valence-corrected chi connectivity index (χ1v) is 24.4. The molecule has 0 spiro atoms. The average molecular weight is 800 g/mol. The van der Waals surface area contributed by atoms with Gasteiger partial charge in [-0.1, -0.05) is 230 Å². The SMILES string of the molecule is CC/C=C/C=C/C=C/C=C\CCCCCCCC(=O)OC(CCCCCCCCCCC)CC(=O)NC(CO)C(O)CCCCCCCCCCCCCCCC. The Balaban J connectivity index is 4.51. The average Bonchev–Trinajstić information content (AvgIpc) is 3.20. The summed E-state index contributed by atoms with van der Waals surface area (Å²) in [7, 11) is 0. The maximum absolute atomic E-state index is 13.1. The third kappa shape index (κ3) is 40.4. The monoisotopic (exact) mass is 800 g/mol. The van der Waals surface area contributed by atoms with Gasteiger partial charge in [-0.25, -0.2) is 0 Å². The summed E-state index contributed by atoms with van der Waals surface area (Å²) in [5.74, 6) is -0.498. The summed E-state index contributed by atoms with van der Waals surface area (Å²) in [4.78, 5) is 26.0. The molecule has 0 radical (unpaired) electrons. The summed E-state index contributed by atoms with van der Waals surface area (Å²) in [6.07, 6.45) is 53.1. The molecule has 3 atom stereocenters. The maximum Gasteiger partial charge on any atom is 0.306 e. The second kappa shape index (κ2) is 44.9. The highest BCUT2D eigenvalue weighted by atomic mass is 16.5. The van der Waals surface area contributed by atoms with E-state index in [1.54, 1.807) is 0 Å². The van der Waals surface area contributed by atoms with E-state index in [4.69, 9.17) is 4.74 Å². The molecule has 57 heavy (non-hydrogen) atoms. The van der Waals surface area contributed by atoms with E-state index in [1.165, 1.54) is 109 Å². The Morgan fingerprint density at radius 3 is 1.44 bits per heavy atom. The summed E-state index contributed by atoms with van der Waals surface area (Å²) in [5, 5.41) is 23.7. The van der Waals surface area contributed by atoms with E-state index in [2.05, 4.69) is 56.5 Å². The zero-order valence-corrected chi connectivity index (χ0v) is 37.7. The number of aliphatic hydroxyl groups is 2. The smallest absolute Gasteiger partial charge is 0.306 e. The second-order valence-electron chi connectivity index (χ2n) is 16.6. The number of hydrogen-bond acceptors (Lipinski definition) is 5. The first kappa shape index (κ1) is 54.8. The third-order valence-electron chi connectivity index (χ3n) is 11.0. The Morgan fingerprint density at radius 2 is 0.947 bits per heavy atom. The fourth-order valence-electron chi connectivity index (χ4n) is 7.32. The molecule has 0 fully saturated rings. The van der Waals surface area contributed by atoms with Crippen LogP contribution in [0.2, 0.25) is 0 Å². The molecule has 0 aliphatic rings. The minimum atomic E-state index is -0.789. The van der Waals surface area contributed by atoms with Crippen LogP contribution in [0.5, 0.6) is 0 Å². The molecule has 0 bridgehead atoms. The van der Waals surface area contributed by atoms with Crippen LogP contribution in [0, 0.1) is 0 Å². The maximum atomic E-state index is 13.1. The number of aliphatic hydroxyl groups excluding tert-OH is 2. The van der Waals surface area contributed by atoms with Crippen LogP contribution in [0.1, 0.15) is 239 Å². The molecule has 0 heterocycles. The van der Waals surface area contributed by atoms with Crippen LogP contribution in [0.4, 0.5) is 0 Å². The van der Waals surface area contributed by atoms with Crippen LogP contribution in [-0.2, 0) is 14.3 Å². The van der Waals surface area contributed by atoms with Crippen molar-refractivity contribution in [1.82, 2.24) is 5.32 Å². The summed E-state index contributed by atoms with van der Waals surface area (Å²) >= 11 is 0. The highest BCUT2D eigenvalue weighted by Gasteiger charge is 2.24. The van der Waals surface area contributed by atoms with Crippen molar-refractivity contribution < 1.29 is 24.5 Å². The van der Waals surface area contributed by atoms with Crippen LogP contribution in [0.15, 0.2) is 48.6 Å². The summed E-state index contributed by atoms with van der Waals surface area (Å²) in [5.41, 5.74) is 0. The van der Waals surface area contributed by atoms with Crippen molar-refractivity contribution in [3.63, 3.8) is 0 Å². The molecule has 0 aliphatic heterocycles. The normalized spacial score (nSPS) is 13.7. The molecule has 0 aliphatic carbocycles. The number of allylic oxidation sites excluding steroid dienone is 8. The number of amides is 1. The van der Waals surface area contributed by atoms with Crippen molar-refractivity contribution in [3.8, 4) is 0 Å². The van der Waals surface area contributed by atoms with Gasteiger partial charge in [0.1, 0.15) is 6.10 Å². The Labute approximate surface area is 353 Å². The number of rotatable bonds is 43. The van der Waals surface area contributed by atoms with E-state index >= 15 is 0 Å². The lowest BCUT2D eigenvalue weighted by molar-refractivity contribution is -0.151. The summed E-state index contributed by atoms with van der Waals surface area (Å²) in [6, 6.07) is -0.703. The zero-order valence-electron chi connectivity index (χ0n) is 37.7. The first-order chi connectivity index (χ1) is 28.0. The molecule has 6 nitrogen and oxygen atoms in total. The minimum Gasteiger partial charge on any atom is -0.462 e. The fraction of sp³-hybridized carbons (Fsp3) is 0.804. The van der Waals surface area contributed by atoms with Gasteiger partial charge in [0.25, 0.3) is 0 Å². The number of hydrogen-bond donors (Lipinski definition) is 3. The van der Waals surface area contributed by atoms with Gasteiger partial charge in [-0.15, -0.1) is 0 Å². The quantitative estimate of drug-likeness (QED) is 0.0324. The number of carbonyl (C=O) groups is 2. The van der Waals surface area contributed by atoms with Crippen molar-refractivity contribution in [1.29, 1.82) is 0 Å². The van der Waals surface area contributed by atoms with Crippen LogP contribution >= 0.6 is 0 Å². The zero-order chi connectivity index (χ0) is 41.7. The molecular formula is C51H93NO5. The number of esters is 1. The number of unbranched alkanes of at least 4 members (excludes halogenated alkanes) is 26. The molecule has 1 amide bonds. The van der Waals surface area contributed by atoms with Crippen LogP contribution in [0.25, 0.3) is 0 Å². The fourth-order valence-corrected chi connectivity index (χ4v) is 7.32. The van der Waals surface area contributed by atoms with Gasteiger partial charge in [-0.05, 0) is 44.9 Å². The van der Waals surface area contributed by atoms with Crippen molar-refractivity contribution >= 4 is 11.9 Å². The molecule has 332 valence electrons. The van der Waals surface area contributed by atoms with Crippen LogP contribution in [-0.4, -0.2) is 46.9 Å². The summed E-state index contributed by atoms with van der Waals surface area (Å²) in [6.45, 7) is 6.33. The van der Waals surface area contributed by atoms with Gasteiger partial charge in [-0.3, -0.25) is 9.59 Å². The second-order valence-corrected chi connectivity index (χ2v) is 16.6. The van der Waals surface area contributed by atoms with E-state index in [9.17, 15) is 19.8 Å². The Hall–Kier alpha value is -2.18. The summed E-state index contributed by atoms with van der Waals surface area (Å²) < 4.78 is 5.90. The van der Waals surface area contributed by atoms with E-state index in [0.717, 1.165) is 83.5 Å². The molecule has 6 heteroatoms. The van der Waals surface area contributed by atoms with Crippen LogP contribution < -0.4 is 5.32 Å². The van der Waals surface area contributed by atoms with E-state index in [-0.39, 0.29) is 24.9 Å². The van der Waals surface area contributed by atoms with Gasteiger partial charge >= 0.3 is 5.97 Å². The van der Waals surface area contributed by atoms with E-state index < -0.39 is 18.2 Å². The van der Waals surface area contributed by atoms with Gasteiger partial charge in [0.2, 0.25) is 5.91 Å². The van der Waals surface area contributed by atoms with Gasteiger partial charge in [0.15, 0.2) is 0 Å². The lowest BCUT2D eigenvalue weighted by atomic mass is 10.0. The van der Waals surface area contributed by atoms with Crippen molar-refractivity contribution in [2.24, 2.45) is 0 Å². The molecule has 0 rings (SSSR count). The van der Waals surface area contributed by atoms with Crippen molar-refractivity contribution in [2.75, 3.05) is 6.61 Å². The molecule has 0 saturated carbocycles. The van der Waals surface area contributed by atoms with Crippen molar-refractivity contribution in [3.05, 3.63) is 48.6 Å².